The first-order valence-electron chi connectivity index (χ1n) is 10.1. The molecule has 0 saturated carbocycles. The summed E-state index contributed by atoms with van der Waals surface area (Å²) >= 11 is 0. The Morgan fingerprint density at radius 2 is 1.81 bits per heavy atom. The number of nitrogens with one attached hydrogen (secondary N) is 3. The van der Waals surface area contributed by atoms with Crippen molar-refractivity contribution < 1.29 is 14.0 Å². The lowest BCUT2D eigenvalue weighted by Gasteiger charge is -2.15. The summed E-state index contributed by atoms with van der Waals surface area (Å²) in [6.07, 6.45) is 1.49. The lowest BCUT2D eigenvalue weighted by atomic mass is 10.0. The molecule has 1 atom stereocenters. The van der Waals surface area contributed by atoms with Gasteiger partial charge in [-0.1, -0.05) is 36.4 Å². The molecule has 0 fully saturated rings. The molecule has 4 rings (SSSR count). The molecule has 1 aliphatic carbocycles. The zero-order valence-electron chi connectivity index (χ0n) is 16.8. The summed E-state index contributed by atoms with van der Waals surface area (Å²) in [5.41, 5.74) is 9.93. The first-order valence-corrected chi connectivity index (χ1v) is 10.1. The van der Waals surface area contributed by atoms with Gasteiger partial charge in [0.1, 0.15) is 5.82 Å². The van der Waals surface area contributed by atoms with Crippen molar-refractivity contribution >= 4 is 23.3 Å². The number of amides is 3. The lowest BCUT2D eigenvalue weighted by Crippen LogP contribution is -2.37. The molecule has 3 aromatic rings. The Morgan fingerprint density at radius 3 is 2.61 bits per heavy atom. The van der Waals surface area contributed by atoms with Gasteiger partial charge in [-0.25, -0.2) is 9.18 Å². The van der Waals surface area contributed by atoms with Gasteiger partial charge in [-0.2, -0.15) is 0 Å². The highest BCUT2D eigenvalue weighted by Gasteiger charge is 2.25. The summed E-state index contributed by atoms with van der Waals surface area (Å²) in [5.74, 6) is -0.586. The summed E-state index contributed by atoms with van der Waals surface area (Å²) in [7, 11) is 0. The zero-order valence-corrected chi connectivity index (χ0v) is 16.8. The Hall–Kier alpha value is -3.87. The Morgan fingerprint density at radius 1 is 1.03 bits per heavy atom. The third-order valence-corrected chi connectivity index (χ3v) is 5.39. The van der Waals surface area contributed by atoms with Crippen molar-refractivity contribution in [2.75, 3.05) is 11.1 Å². The number of benzene rings is 3. The summed E-state index contributed by atoms with van der Waals surface area (Å²) in [6, 6.07) is 18.4. The molecule has 0 aromatic heterocycles. The Labute approximate surface area is 179 Å². The van der Waals surface area contributed by atoms with Crippen LogP contribution in [0.5, 0.6) is 0 Å². The number of carbonyl (C=O) groups excluding carboxylic acids is 2. The summed E-state index contributed by atoms with van der Waals surface area (Å²) in [5, 5.41) is 8.45. The van der Waals surface area contributed by atoms with Gasteiger partial charge in [-0.05, 0) is 54.3 Å². The van der Waals surface area contributed by atoms with Crippen LogP contribution in [0.15, 0.2) is 66.7 Å². The summed E-state index contributed by atoms with van der Waals surface area (Å²) in [4.78, 5) is 24.9. The van der Waals surface area contributed by atoms with Crippen LogP contribution in [0.25, 0.3) is 0 Å². The minimum atomic E-state index is -0.359. The molecule has 1 aliphatic rings. The molecule has 6 nitrogen and oxygen atoms in total. The molecular formula is C24H23FN4O2. The number of rotatable bonds is 5. The van der Waals surface area contributed by atoms with Crippen LogP contribution in [-0.4, -0.2) is 11.9 Å². The Balaban J connectivity index is 1.38. The van der Waals surface area contributed by atoms with Crippen LogP contribution in [0.1, 0.15) is 39.5 Å². The molecule has 3 amide bonds. The van der Waals surface area contributed by atoms with Gasteiger partial charge in [-0.3, -0.25) is 4.79 Å². The van der Waals surface area contributed by atoms with E-state index in [-0.39, 0.29) is 30.3 Å². The molecule has 158 valence electrons. The second-order valence-electron chi connectivity index (χ2n) is 7.46. The SMILES string of the molecule is Nc1ccccc1NC(=O)c1ccc2c(c1)CCC2NC(=O)NCc1ccccc1F. The highest BCUT2D eigenvalue weighted by molar-refractivity contribution is 6.05. The van der Waals surface area contributed by atoms with Crippen LogP contribution < -0.4 is 21.7 Å². The van der Waals surface area contributed by atoms with E-state index in [1.54, 1.807) is 42.5 Å². The second kappa shape index (κ2) is 8.87. The Kier molecular flexibility index (Phi) is 5.84. The number of hydrogen-bond acceptors (Lipinski definition) is 3. The maximum Gasteiger partial charge on any atom is 0.315 e. The van der Waals surface area contributed by atoms with Crippen LogP contribution in [-0.2, 0) is 13.0 Å². The number of urea groups is 1. The van der Waals surface area contributed by atoms with Crippen molar-refractivity contribution in [2.24, 2.45) is 0 Å². The average molecular weight is 418 g/mol. The topological polar surface area (TPSA) is 96.2 Å². The third kappa shape index (κ3) is 4.66. The van der Waals surface area contributed by atoms with E-state index in [0.717, 1.165) is 24.0 Å². The van der Waals surface area contributed by atoms with Gasteiger partial charge in [0.15, 0.2) is 0 Å². The molecule has 5 N–H and O–H groups in total. The maximum atomic E-state index is 13.7. The summed E-state index contributed by atoms with van der Waals surface area (Å²) in [6.45, 7) is 0.111. The average Bonchev–Trinajstić information content (AvgIpc) is 3.16. The van der Waals surface area contributed by atoms with E-state index in [9.17, 15) is 14.0 Å². The van der Waals surface area contributed by atoms with E-state index in [2.05, 4.69) is 16.0 Å². The number of hydrogen-bond donors (Lipinski definition) is 4. The monoisotopic (exact) mass is 418 g/mol. The van der Waals surface area contributed by atoms with Gasteiger partial charge < -0.3 is 21.7 Å². The van der Waals surface area contributed by atoms with Crippen molar-refractivity contribution in [3.05, 3.63) is 94.8 Å². The molecule has 0 bridgehead atoms. The number of carbonyl (C=O) groups is 2. The highest BCUT2D eigenvalue weighted by Crippen LogP contribution is 2.32. The van der Waals surface area contributed by atoms with Crippen LogP contribution in [0.4, 0.5) is 20.6 Å². The van der Waals surface area contributed by atoms with Crippen LogP contribution in [0.2, 0.25) is 0 Å². The van der Waals surface area contributed by atoms with Gasteiger partial charge in [0.2, 0.25) is 0 Å². The first kappa shape index (κ1) is 20.4. The second-order valence-corrected chi connectivity index (χ2v) is 7.46. The van der Waals surface area contributed by atoms with E-state index in [1.165, 1.54) is 6.07 Å². The zero-order chi connectivity index (χ0) is 21.8. The van der Waals surface area contributed by atoms with E-state index in [1.807, 2.05) is 18.2 Å². The summed E-state index contributed by atoms with van der Waals surface area (Å²) < 4.78 is 13.7. The van der Waals surface area contributed by atoms with Gasteiger partial charge in [0, 0.05) is 17.7 Å². The third-order valence-electron chi connectivity index (χ3n) is 5.39. The molecule has 31 heavy (non-hydrogen) atoms. The van der Waals surface area contributed by atoms with Crippen molar-refractivity contribution in [1.29, 1.82) is 0 Å². The molecule has 0 heterocycles. The van der Waals surface area contributed by atoms with Crippen molar-refractivity contribution in [3.8, 4) is 0 Å². The van der Waals surface area contributed by atoms with Crippen LogP contribution in [0, 0.1) is 5.82 Å². The van der Waals surface area contributed by atoms with Gasteiger partial charge in [-0.15, -0.1) is 0 Å². The number of aryl methyl sites for hydroxylation is 1. The molecule has 0 saturated heterocycles. The number of para-hydroxylation sites is 2. The molecule has 7 heteroatoms. The fraction of sp³-hybridized carbons (Fsp3) is 0.167. The van der Waals surface area contributed by atoms with Gasteiger partial charge in [0.05, 0.1) is 17.4 Å². The molecule has 0 spiro atoms. The highest BCUT2D eigenvalue weighted by atomic mass is 19.1. The standard InChI is InChI=1S/C24H23FN4O2/c25-19-6-2-1-5-17(19)14-27-24(31)29-21-12-10-15-13-16(9-11-18(15)21)23(30)28-22-8-4-3-7-20(22)26/h1-9,11,13,21H,10,12,14,26H2,(H,28,30)(H2,27,29,31). The number of fused-ring (bicyclic) bond motifs is 1. The van der Waals surface area contributed by atoms with E-state index < -0.39 is 0 Å². The maximum absolute atomic E-state index is 13.7. The fourth-order valence-corrected chi connectivity index (χ4v) is 3.74. The molecule has 1 unspecified atom stereocenters. The van der Waals surface area contributed by atoms with Crippen molar-refractivity contribution in [2.45, 2.75) is 25.4 Å². The van der Waals surface area contributed by atoms with Crippen molar-refractivity contribution in [3.63, 3.8) is 0 Å². The smallest absolute Gasteiger partial charge is 0.315 e. The van der Waals surface area contributed by atoms with Gasteiger partial charge >= 0.3 is 6.03 Å². The minimum Gasteiger partial charge on any atom is -0.397 e. The number of nitrogens with two attached hydrogens (primary N) is 1. The predicted octanol–water partition coefficient (Wildman–Crippen LogP) is 4.15. The number of halogens is 1. The normalized spacial score (nSPS) is 14.5. The number of anilines is 2. The quantitative estimate of drug-likeness (QED) is 0.469. The molecule has 0 radical (unpaired) electrons. The van der Waals surface area contributed by atoms with Crippen LogP contribution in [0.3, 0.4) is 0 Å². The molecule has 0 aliphatic heterocycles. The number of nitrogen functional groups attached to an aromatic ring is 1. The minimum absolute atomic E-state index is 0.111. The van der Waals surface area contributed by atoms with E-state index in [4.69, 9.17) is 5.73 Å². The molecule has 3 aromatic carbocycles. The predicted molar refractivity (Wildman–Crippen MR) is 118 cm³/mol. The Bertz CT molecular complexity index is 1130. The van der Waals surface area contributed by atoms with Crippen LogP contribution >= 0.6 is 0 Å². The van der Waals surface area contributed by atoms with E-state index in [0.29, 0.717) is 22.5 Å². The van der Waals surface area contributed by atoms with Crippen molar-refractivity contribution in [1.82, 2.24) is 10.6 Å². The van der Waals surface area contributed by atoms with E-state index >= 15 is 0 Å². The largest absolute Gasteiger partial charge is 0.397 e. The lowest BCUT2D eigenvalue weighted by molar-refractivity contribution is 0.102. The fourth-order valence-electron chi connectivity index (χ4n) is 3.74. The first-order chi connectivity index (χ1) is 15.0. The molecular weight excluding hydrogens is 395 g/mol. The van der Waals surface area contributed by atoms with Gasteiger partial charge in [0.25, 0.3) is 5.91 Å².